The van der Waals surface area contributed by atoms with Gasteiger partial charge in [0.15, 0.2) is 5.75 Å². The van der Waals surface area contributed by atoms with Crippen LogP contribution in [0.25, 0.3) is 10.8 Å². The Kier molecular flexibility index (Phi) is 10.4. The highest BCUT2D eigenvalue weighted by Gasteiger charge is 2.21. The molecule has 0 bridgehead atoms. The van der Waals surface area contributed by atoms with Crippen molar-refractivity contribution < 1.29 is 57.5 Å². The lowest BCUT2D eigenvalue weighted by Crippen LogP contribution is -2.12. The number of nitrogen functional groups attached to an aromatic ring is 2. The number of nitrogens with two attached hydrogens (primary N) is 2. The molecule has 0 aromatic heterocycles. The van der Waals surface area contributed by atoms with Crippen LogP contribution in [-0.2, 0) is 45.6 Å². The first-order valence-corrected chi connectivity index (χ1v) is 17.3. The maximum atomic E-state index is 11.8. The number of fused-ring (bicyclic) bond motifs is 1. The van der Waals surface area contributed by atoms with Crippen molar-refractivity contribution in [3.8, 4) is 11.5 Å². The number of aromatic hydroxyl groups is 2. The summed E-state index contributed by atoms with van der Waals surface area (Å²) < 4.78 is 107. The van der Waals surface area contributed by atoms with E-state index in [1.807, 2.05) is 0 Å². The van der Waals surface area contributed by atoms with E-state index in [-0.39, 0.29) is 15.5 Å². The summed E-state index contributed by atoms with van der Waals surface area (Å²) in [6.45, 7) is -0.632. The van der Waals surface area contributed by atoms with Gasteiger partial charge in [-0.25, -0.2) is 4.18 Å². The van der Waals surface area contributed by atoms with Crippen LogP contribution in [-0.4, -0.2) is 65.7 Å². The van der Waals surface area contributed by atoms with E-state index in [2.05, 4.69) is 9.50 Å². The number of phenols is 2. The van der Waals surface area contributed by atoms with Crippen LogP contribution in [0.3, 0.4) is 0 Å². The molecular weight excluding hydrogens is 667 g/mol. The van der Waals surface area contributed by atoms with Gasteiger partial charge in [-0.15, -0.1) is 0 Å². The Hall–Kier alpha value is -4.02. The molecule has 0 aliphatic carbocycles. The van der Waals surface area contributed by atoms with Crippen molar-refractivity contribution in [1.82, 2.24) is 0 Å². The number of nitrogens with one attached hydrogen (secondary N) is 1. The molecule has 0 aliphatic heterocycles. The minimum absolute atomic E-state index is 0.0682. The van der Waals surface area contributed by atoms with Crippen molar-refractivity contribution in [3.05, 3.63) is 66.7 Å². The SMILES string of the molecule is Nc1c(Nc2ccccc2O)ccc2ccc(S(=O)(=O)O)cc12.Nc1cc(S(=O)CCOS(=O)(=O)O)cc(S(=O)(=O)O)c1O. The van der Waals surface area contributed by atoms with E-state index < -0.39 is 70.1 Å². The van der Waals surface area contributed by atoms with E-state index in [1.54, 1.807) is 36.4 Å². The Balaban J connectivity index is 0.000000242. The van der Waals surface area contributed by atoms with Crippen LogP contribution in [0.4, 0.5) is 22.7 Å². The van der Waals surface area contributed by atoms with Crippen molar-refractivity contribution in [3.63, 3.8) is 0 Å². The topological polar surface area (TPSA) is 294 Å². The molecule has 1 atom stereocenters. The predicted molar refractivity (Wildman–Crippen MR) is 161 cm³/mol. The summed E-state index contributed by atoms with van der Waals surface area (Å²) in [4.78, 5) is -1.34. The fraction of sp³-hybridized carbons (Fsp3) is 0.0833. The lowest BCUT2D eigenvalue weighted by molar-refractivity contribution is 0.284. The zero-order valence-corrected chi connectivity index (χ0v) is 25.3. The Labute approximate surface area is 253 Å². The van der Waals surface area contributed by atoms with Crippen LogP contribution in [0.15, 0.2) is 81.4 Å². The van der Waals surface area contributed by atoms with E-state index in [1.165, 1.54) is 18.2 Å². The lowest BCUT2D eigenvalue weighted by atomic mass is 10.1. The van der Waals surface area contributed by atoms with Crippen LogP contribution in [0, 0.1) is 0 Å². The molecule has 20 heteroatoms. The summed E-state index contributed by atoms with van der Waals surface area (Å²) in [5.41, 5.74) is 12.3. The van der Waals surface area contributed by atoms with Gasteiger partial charge < -0.3 is 27.0 Å². The molecule has 0 fully saturated rings. The molecule has 0 spiro atoms. The third kappa shape index (κ3) is 9.00. The van der Waals surface area contributed by atoms with Crippen molar-refractivity contribution in [1.29, 1.82) is 0 Å². The third-order valence-electron chi connectivity index (χ3n) is 5.63. The van der Waals surface area contributed by atoms with Crippen molar-refractivity contribution in [2.45, 2.75) is 14.7 Å². The van der Waals surface area contributed by atoms with Crippen LogP contribution in [0.1, 0.15) is 0 Å². The molecule has 0 saturated heterocycles. The maximum absolute atomic E-state index is 11.8. The molecular formula is C24H25N3O13S4. The maximum Gasteiger partial charge on any atom is 0.397 e. The minimum Gasteiger partial charge on any atom is -0.506 e. The Morgan fingerprint density at radius 2 is 1.43 bits per heavy atom. The Morgan fingerprint density at radius 1 is 0.795 bits per heavy atom. The van der Waals surface area contributed by atoms with Gasteiger partial charge in [-0.2, -0.15) is 25.3 Å². The summed E-state index contributed by atoms with van der Waals surface area (Å²) in [5.74, 6) is -1.24. The van der Waals surface area contributed by atoms with Gasteiger partial charge in [0.2, 0.25) is 0 Å². The molecule has 0 heterocycles. The average molecular weight is 692 g/mol. The van der Waals surface area contributed by atoms with Crippen LogP contribution in [0.2, 0.25) is 0 Å². The fourth-order valence-corrected chi connectivity index (χ4v) is 6.18. The summed E-state index contributed by atoms with van der Waals surface area (Å²) in [6.07, 6.45) is 0. The standard InChI is InChI=1S/C16H14N2O4S.C8H11NO9S3/c17-16-12-9-11(23(20,21)22)7-5-10(12)6-8-14(16)18-13-3-1-2-4-15(13)19;9-6-3-5(4-7(8(6)10)20(12,13)14)19(11)2-1-18-21(15,16)17/h1-9,18-19H,17H2,(H,20,21,22);3-4,10H,1-2,9H2,(H,12,13,14)(H,15,16,17). The summed E-state index contributed by atoms with van der Waals surface area (Å²) >= 11 is 0. The molecule has 10 N–H and O–H groups in total. The first-order chi connectivity index (χ1) is 20.3. The second-order valence-electron chi connectivity index (χ2n) is 8.66. The summed E-state index contributed by atoms with van der Waals surface area (Å²) in [5, 5.41) is 23.5. The number of rotatable bonds is 9. The highest BCUT2D eigenvalue weighted by Crippen LogP contribution is 2.35. The first kappa shape index (κ1) is 34.5. The van der Waals surface area contributed by atoms with Crippen LogP contribution in [0.5, 0.6) is 11.5 Å². The van der Waals surface area contributed by atoms with E-state index in [0.29, 0.717) is 22.4 Å². The van der Waals surface area contributed by atoms with Crippen LogP contribution < -0.4 is 16.8 Å². The second-order valence-corrected chi connectivity index (χ2v) is 14.1. The highest BCUT2D eigenvalue weighted by molar-refractivity contribution is 7.86. The van der Waals surface area contributed by atoms with E-state index in [4.69, 9.17) is 25.1 Å². The quantitative estimate of drug-likeness (QED) is 0.0709. The van der Waals surface area contributed by atoms with Crippen LogP contribution >= 0.6 is 0 Å². The first-order valence-electron chi connectivity index (χ1n) is 11.7. The predicted octanol–water partition coefficient (Wildman–Crippen LogP) is 2.27. The Morgan fingerprint density at radius 3 is 2.02 bits per heavy atom. The number of hydrogen-bond donors (Lipinski definition) is 8. The highest BCUT2D eigenvalue weighted by atomic mass is 32.3. The summed E-state index contributed by atoms with van der Waals surface area (Å²) in [6, 6.07) is 16.1. The van der Waals surface area contributed by atoms with Gasteiger partial charge in [0.1, 0.15) is 10.6 Å². The molecule has 0 saturated carbocycles. The molecule has 0 radical (unpaired) electrons. The lowest BCUT2D eigenvalue weighted by Gasteiger charge is -2.13. The molecule has 1 unspecified atom stereocenters. The van der Waals surface area contributed by atoms with Gasteiger partial charge >= 0.3 is 10.4 Å². The molecule has 0 aliphatic rings. The fourth-order valence-electron chi connectivity index (χ4n) is 3.58. The largest absolute Gasteiger partial charge is 0.506 e. The molecule has 0 amide bonds. The van der Waals surface area contributed by atoms with Gasteiger partial charge in [0.25, 0.3) is 20.2 Å². The van der Waals surface area contributed by atoms with Gasteiger partial charge in [0, 0.05) is 10.3 Å². The normalized spacial score (nSPS) is 12.7. The number of phenolic OH excluding ortho intramolecular Hbond substituents is 2. The summed E-state index contributed by atoms with van der Waals surface area (Å²) in [7, 11) is -15.7. The molecule has 238 valence electrons. The zero-order valence-electron chi connectivity index (χ0n) is 22.1. The second kappa shape index (κ2) is 13.3. The zero-order chi connectivity index (χ0) is 33.0. The third-order valence-corrected chi connectivity index (χ3v) is 9.11. The number of anilines is 4. The minimum atomic E-state index is -4.79. The van der Waals surface area contributed by atoms with Crippen molar-refractivity contribution in [2.75, 3.05) is 29.1 Å². The molecule has 44 heavy (non-hydrogen) atoms. The Bertz CT molecular complexity index is 2070. The molecule has 4 aromatic carbocycles. The van der Waals surface area contributed by atoms with Gasteiger partial charge in [0.05, 0.1) is 50.8 Å². The average Bonchev–Trinajstić information content (AvgIpc) is 2.91. The molecule has 4 rings (SSSR count). The smallest absolute Gasteiger partial charge is 0.397 e. The van der Waals surface area contributed by atoms with Gasteiger partial charge in [-0.3, -0.25) is 17.9 Å². The van der Waals surface area contributed by atoms with Crippen molar-refractivity contribution >= 4 is 75.0 Å². The molecule has 4 aromatic rings. The monoisotopic (exact) mass is 691 g/mol. The number of hydrogen-bond acceptors (Lipinski definition) is 13. The molecule has 16 nitrogen and oxygen atoms in total. The number of para-hydroxylation sites is 2. The van der Waals surface area contributed by atoms with E-state index in [0.717, 1.165) is 17.5 Å². The number of benzene rings is 4. The van der Waals surface area contributed by atoms with Gasteiger partial charge in [-0.1, -0.05) is 24.3 Å². The van der Waals surface area contributed by atoms with Crippen molar-refractivity contribution in [2.24, 2.45) is 0 Å². The van der Waals surface area contributed by atoms with Gasteiger partial charge in [-0.05, 0) is 47.9 Å². The van der Waals surface area contributed by atoms with E-state index >= 15 is 0 Å². The van der Waals surface area contributed by atoms with E-state index in [9.17, 15) is 39.7 Å².